The zero-order chi connectivity index (χ0) is 14.7. The van der Waals surface area contributed by atoms with Gasteiger partial charge in [0.25, 0.3) is 0 Å². The number of para-hydroxylation sites is 1. The highest BCUT2D eigenvalue weighted by Crippen LogP contribution is 2.39. The van der Waals surface area contributed by atoms with Crippen LogP contribution >= 0.6 is 0 Å². The molecule has 5 heteroatoms. The van der Waals surface area contributed by atoms with E-state index < -0.39 is 0 Å². The Labute approximate surface area is 123 Å². The summed E-state index contributed by atoms with van der Waals surface area (Å²) in [4.78, 5) is 0. The van der Waals surface area contributed by atoms with Gasteiger partial charge < -0.3 is 14.2 Å². The smallest absolute Gasteiger partial charge is 0.166 e. The number of hydrogen-bond acceptors (Lipinski definition) is 5. The van der Waals surface area contributed by atoms with Crippen LogP contribution < -0.4 is 25.5 Å². The Hall–Kier alpha value is -2.24. The quantitative estimate of drug-likeness (QED) is 0.665. The Balaban J connectivity index is 2.03. The lowest BCUT2D eigenvalue weighted by molar-refractivity contribution is 0.169. The first-order valence-corrected chi connectivity index (χ1v) is 6.82. The van der Waals surface area contributed by atoms with Gasteiger partial charge in [-0.2, -0.15) is 0 Å². The van der Waals surface area contributed by atoms with Gasteiger partial charge in [-0.1, -0.05) is 24.3 Å². The maximum atomic E-state index is 5.77. The third kappa shape index (κ3) is 2.66. The van der Waals surface area contributed by atoms with Gasteiger partial charge in [-0.15, -0.1) is 0 Å². The maximum Gasteiger partial charge on any atom is 0.166 e. The number of nitrogens with two attached hydrogens (primary N) is 1. The molecule has 2 aromatic rings. The highest BCUT2D eigenvalue weighted by atomic mass is 16.6. The minimum Gasteiger partial charge on any atom is -0.497 e. The largest absolute Gasteiger partial charge is 0.497 e. The molecule has 0 bridgehead atoms. The number of fused-ring (bicyclic) bond motifs is 1. The highest BCUT2D eigenvalue weighted by molar-refractivity contribution is 5.51. The zero-order valence-electron chi connectivity index (χ0n) is 11.8. The van der Waals surface area contributed by atoms with Gasteiger partial charge in [0.1, 0.15) is 19.0 Å². The van der Waals surface area contributed by atoms with E-state index in [1.165, 1.54) is 0 Å². The van der Waals surface area contributed by atoms with Gasteiger partial charge in [-0.25, -0.2) is 5.43 Å². The van der Waals surface area contributed by atoms with E-state index in [9.17, 15) is 0 Å². The summed E-state index contributed by atoms with van der Waals surface area (Å²) >= 11 is 0. The first kappa shape index (κ1) is 13.7. The zero-order valence-corrected chi connectivity index (χ0v) is 11.8. The number of nitrogens with one attached hydrogen (secondary N) is 1. The Kier molecular flexibility index (Phi) is 3.94. The van der Waals surface area contributed by atoms with Crippen molar-refractivity contribution in [2.45, 2.75) is 6.04 Å². The summed E-state index contributed by atoms with van der Waals surface area (Å²) in [7, 11) is 1.64. The van der Waals surface area contributed by atoms with Crippen LogP contribution in [-0.4, -0.2) is 20.3 Å². The molecular formula is C16H18N2O3. The fourth-order valence-corrected chi connectivity index (χ4v) is 2.51. The number of hydrogen-bond donors (Lipinski definition) is 2. The van der Waals surface area contributed by atoms with Crippen LogP contribution in [0.4, 0.5) is 0 Å². The van der Waals surface area contributed by atoms with Gasteiger partial charge in [-0.3, -0.25) is 5.84 Å². The molecule has 5 nitrogen and oxygen atoms in total. The lowest BCUT2D eigenvalue weighted by Crippen LogP contribution is -2.30. The fourth-order valence-electron chi connectivity index (χ4n) is 2.51. The third-order valence-electron chi connectivity index (χ3n) is 3.50. The van der Waals surface area contributed by atoms with Gasteiger partial charge in [0.15, 0.2) is 11.5 Å². The molecule has 0 amide bonds. The molecule has 1 aliphatic rings. The monoisotopic (exact) mass is 286 g/mol. The van der Waals surface area contributed by atoms with Crippen LogP contribution in [0.2, 0.25) is 0 Å². The topological polar surface area (TPSA) is 65.7 Å². The third-order valence-corrected chi connectivity index (χ3v) is 3.50. The molecule has 110 valence electrons. The van der Waals surface area contributed by atoms with Crippen LogP contribution in [0.3, 0.4) is 0 Å². The summed E-state index contributed by atoms with van der Waals surface area (Å²) in [6.45, 7) is 1.11. The van der Waals surface area contributed by atoms with Crippen molar-refractivity contribution in [3.8, 4) is 17.2 Å². The number of ether oxygens (including phenoxy) is 3. The molecule has 0 saturated heterocycles. The van der Waals surface area contributed by atoms with Crippen LogP contribution in [-0.2, 0) is 0 Å². The molecule has 21 heavy (non-hydrogen) atoms. The molecule has 0 aliphatic carbocycles. The second kappa shape index (κ2) is 6.03. The first-order chi connectivity index (χ1) is 10.3. The lowest BCUT2D eigenvalue weighted by Gasteiger charge is -2.25. The van der Waals surface area contributed by atoms with Crippen molar-refractivity contribution < 1.29 is 14.2 Å². The van der Waals surface area contributed by atoms with Gasteiger partial charge in [0, 0.05) is 5.56 Å². The molecule has 1 heterocycles. The van der Waals surface area contributed by atoms with Gasteiger partial charge >= 0.3 is 0 Å². The van der Waals surface area contributed by atoms with E-state index in [1.807, 2.05) is 42.5 Å². The molecule has 3 N–H and O–H groups in total. The van der Waals surface area contributed by atoms with Crippen LogP contribution in [0.5, 0.6) is 17.2 Å². The molecule has 2 aromatic carbocycles. The standard InChI is InChI=1S/C16H18N2O3/c1-19-12-5-2-4-11(10-12)15(18-17)13-6-3-7-14-16(13)21-9-8-20-14/h2-7,10,15,18H,8-9,17H2,1H3. The van der Waals surface area contributed by atoms with Crippen molar-refractivity contribution in [2.75, 3.05) is 20.3 Å². The highest BCUT2D eigenvalue weighted by Gasteiger charge is 2.22. The van der Waals surface area contributed by atoms with Gasteiger partial charge in [0.05, 0.1) is 13.2 Å². The lowest BCUT2D eigenvalue weighted by atomic mass is 9.97. The fraction of sp³-hybridized carbons (Fsp3) is 0.250. The minimum atomic E-state index is -0.197. The Morgan fingerprint density at radius 2 is 1.95 bits per heavy atom. The minimum absolute atomic E-state index is 0.197. The van der Waals surface area contributed by atoms with E-state index in [0.29, 0.717) is 13.2 Å². The van der Waals surface area contributed by atoms with Crippen molar-refractivity contribution in [1.29, 1.82) is 0 Å². The van der Waals surface area contributed by atoms with Gasteiger partial charge in [0.2, 0.25) is 0 Å². The summed E-state index contributed by atoms with van der Waals surface area (Å²) in [5, 5.41) is 0. The van der Waals surface area contributed by atoms with E-state index in [2.05, 4.69) is 5.43 Å². The maximum absolute atomic E-state index is 5.77. The summed E-state index contributed by atoms with van der Waals surface area (Å²) in [6.07, 6.45) is 0. The molecule has 1 aliphatic heterocycles. The first-order valence-electron chi connectivity index (χ1n) is 6.82. The van der Waals surface area contributed by atoms with E-state index in [1.54, 1.807) is 7.11 Å². The van der Waals surface area contributed by atoms with Crippen molar-refractivity contribution in [3.63, 3.8) is 0 Å². The Bertz CT molecular complexity index is 631. The Morgan fingerprint density at radius 3 is 2.76 bits per heavy atom. The average molecular weight is 286 g/mol. The van der Waals surface area contributed by atoms with Crippen molar-refractivity contribution in [1.82, 2.24) is 5.43 Å². The second-order valence-corrected chi connectivity index (χ2v) is 4.75. The number of rotatable bonds is 4. The van der Waals surface area contributed by atoms with Crippen LogP contribution in [0, 0.1) is 0 Å². The van der Waals surface area contributed by atoms with Crippen LogP contribution in [0.15, 0.2) is 42.5 Å². The van der Waals surface area contributed by atoms with Gasteiger partial charge in [-0.05, 0) is 23.8 Å². The number of hydrazine groups is 1. The molecular weight excluding hydrogens is 268 g/mol. The second-order valence-electron chi connectivity index (χ2n) is 4.75. The summed E-state index contributed by atoms with van der Waals surface area (Å²) < 4.78 is 16.7. The Morgan fingerprint density at radius 1 is 1.14 bits per heavy atom. The van der Waals surface area contributed by atoms with E-state index in [0.717, 1.165) is 28.4 Å². The molecule has 0 fully saturated rings. The van der Waals surface area contributed by atoms with Crippen LogP contribution in [0.1, 0.15) is 17.2 Å². The van der Waals surface area contributed by atoms with Crippen molar-refractivity contribution >= 4 is 0 Å². The predicted molar refractivity (Wildman–Crippen MR) is 79.6 cm³/mol. The predicted octanol–water partition coefficient (Wildman–Crippen LogP) is 2.02. The average Bonchev–Trinajstić information content (AvgIpc) is 2.56. The molecule has 1 atom stereocenters. The molecule has 0 saturated carbocycles. The molecule has 1 unspecified atom stereocenters. The van der Waals surface area contributed by atoms with E-state index >= 15 is 0 Å². The summed E-state index contributed by atoms with van der Waals surface area (Å²) in [5.41, 5.74) is 4.79. The summed E-state index contributed by atoms with van der Waals surface area (Å²) in [5.74, 6) is 8.06. The summed E-state index contributed by atoms with van der Waals surface area (Å²) in [6, 6.07) is 13.4. The van der Waals surface area contributed by atoms with Crippen molar-refractivity contribution in [3.05, 3.63) is 53.6 Å². The SMILES string of the molecule is COc1cccc(C(NN)c2cccc3c2OCCO3)c1. The molecule has 0 spiro atoms. The molecule has 0 aromatic heterocycles. The molecule has 3 rings (SSSR count). The number of benzene rings is 2. The van der Waals surface area contributed by atoms with E-state index in [-0.39, 0.29) is 6.04 Å². The van der Waals surface area contributed by atoms with E-state index in [4.69, 9.17) is 20.1 Å². The van der Waals surface area contributed by atoms with Crippen LogP contribution in [0.25, 0.3) is 0 Å². The number of methoxy groups -OCH3 is 1. The van der Waals surface area contributed by atoms with Crippen molar-refractivity contribution in [2.24, 2.45) is 5.84 Å². The normalized spacial score (nSPS) is 14.6. The molecule has 0 radical (unpaired) electrons.